The van der Waals surface area contributed by atoms with E-state index in [-0.39, 0.29) is 12.6 Å². The lowest BCUT2D eigenvalue weighted by molar-refractivity contribution is -0.133. The Hall–Kier alpha value is -1.49. The number of aldehydes is 1. The number of piperidine rings is 1. The molecule has 1 atom stereocenters. The normalized spacial score (nSPS) is 19.7. The lowest BCUT2D eigenvalue weighted by Crippen LogP contribution is -2.42. The van der Waals surface area contributed by atoms with Crippen LogP contribution >= 0.6 is 0 Å². The van der Waals surface area contributed by atoms with Gasteiger partial charge in [-0.2, -0.15) is 8.78 Å². The average molecular weight is 269 g/mol. The second-order valence-corrected chi connectivity index (χ2v) is 4.65. The second kappa shape index (κ2) is 6.61. The van der Waals surface area contributed by atoms with Gasteiger partial charge in [0.15, 0.2) is 0 Å². The Morgan fingerprint density at radius 2 is 2.05 bits per heavy atom. The number of alkyl halides is 2. The van der Waals surface area contributed by atoms with Crippen molar-refractivity contribution in [1.29, 1.82) is 0 Å². The third-order valence-corrected chi connectivity index (χ3v) is 3.40. The highest BCUT2D eigenvalue weighted by molar-refractivity contribution is 5.75. The van der Waals surface area contributed by atoms with Gasteiger partial charge in [-0.3, -0.25) is 4.79 Å². The van der Waals surface area contributed by atoms with Crippen molar-refractivity contribution < 1.29 is 18.3 Å². The molecule has 0 unspecified atom stereocenters. The number of nitrogens with zero attached hydrogens (tertiary/aromatic N) is 1. The standard InChI is InChI=1S/C14H17F2NO2/c15-14(16)19-10-13-3-1-2-8-17(13)12-6-4-11(9-18)5-7-12/h4-7,9,13-14H,1-3,8,10H2/t13-/m0/s1. The monoisotopic (exact) mass is 269 g/mol. The van der Waals surface area contributed by atoms with Crippen molar-refractivity contribution in [3.8, 4) is 0 Å². The molecule has 1 aliphatic rings. The molecule has 104 valence electrons. The number of anilines is 1. The molecule has 3 nitrogen and oxygen atoms in total. The molecule has 1 saturated heterocycles. The van der Waals surface area contributed by atoms with Crippen molar-refractivity contribution in [2.75, 3.05) is 18.1 Å². The maximum Gasteiger partial charge on any atom is 0.345 e. The summed E-state index contributed by atoms with van der Waals surface area (Å²) in [6.07, 6.45) is 3.71. The lowest BCUT2D eigenvalue weighted by Gasteiger charge is -2.37. The van der Waals surface area contributed by atoms with E-state index < -0.39 is 6.61 Å². The van der Waals surface area contributed by atoms with Crippen LogP contribution in [-0.2, 0) is 4.74 Å². The second-order valence-electron chi connectivity index (χ2n) is 4.65. The predicted octanol–water partition coefficient (Wildman–Crippen LogP) is 3.10. The molecule has 1 heterocycles. The Labute approximate surface area is 111 Å². The van der Waals surface area contributed by atoms with Gasteiger partial charge in [-0.15, -0.1) is 0 Å². The van der Waals surface area contributed by atoms with Crippen LogP contribution in [0.3, 0.4) is 0 Å². The van der Waals surface area contributed by atoms with Gasteiger partial charge in [0, 0.05) is 17.8 Å². The van der Waals surface area contributed by atoms with Gasteiger partial charge in [-0.25, -0.2) is 0 Å². The maximum atomic E-state index is 12.1. The third-order valence-electron chi connectivity index (χ3n) is 3.40. The van der Waals surface area contributed by atoms with Gasteiger partial charge in [0.25, 0.3) is 0 Å². The minimum Gasteiger partial charge on any atom is -0.366 e. The van der Waals surface area contributed by atoms with Crippen molar-refractivity contribution in [1.82, 2.24) is 0 Å². The van der Waals surface area contributed by atoms with Crippen molar-refractivity contribution in [2.24, 2.45) is 0 Å². The molecule has 5 heteroatoms. The summed E-state index contributed by atoms with van der Waals surface area (Å²) in [6.45, 7) is -1.86. The summed E-state index contributed by atoms with van der Waals surface area (Å²) in [5, 5.41) is 0. The molecule has 1 fully saturated rings. The minimum absolute atomic E-state index is 0.0233. The van der Waals surface area contributed by atoms with E-state index in [1.165, 1.54) is 0 Å². The molecule has 1 aromatic carbocycles. The Morgan fingerprint density at radius 3 is 2.68 bits per heavy atom. The highest BCUT2D eigenvalue weighted by atomic mass is 19.3. The smallest absolute Gasteiger partial charge is 0.345 e. The quantitative estimate of drug-likeness (QED) is 0.769. The molecule has 0 N–H and O–H groups in total. The first-order valence-corrected chi connectivity index (χ1v) is 6.42. The number of carbonyl (C=O) groups is 1. The van der Waals surface area contributed by atoms with Gasteiger partial charge < -0.3 is 9.64 Å². The highest BCUT2D eigenvalue weighted by Gasteiger charge is 2.23. The van der Waals surface area contributed by atoms with Crippen molar-refractivity contribution in [2.45, 2.75) is 31.9 Å². The van der Waals surface area contributed by atoms with Gasteiger partial charge in [-0.05, 0) is 43.5 Å². The van der Waals surface area contributed by atoms with E-state index in [0.717, 1.165) is 37.8 Å². The number of hydrogen-bond acceptors (Lipinski definition) is 3. The molecule has 1 aromatic rings. The number of benzene rings is 1. The largest absolute Gasteiger partial charge is 0.366 e. The Balaban J connectivity index is 2.06. The molecule has 0 bridgehead atoms. The number of ether oxygens (including phenoxy) is 1. The first-order valence-electron chi connectivity index (χ1n) is 6.42. The van der Waals surface area contributed by atoms with E-state index in [1.54, 1.807) is 12.1 Å². The fraction of sp³-hybridized carbons (Fsp3) is 0.500. The van der Waals surface area contributed by atoms with Gasteiger partial charge in [0.05, 0.1) is 12.6 Å². The van der Waals surface area contributed by atoms with Crippen LogP contribution < -0.4 is 4.90 Å². The summed E-state index contributed by atoms with van der Waals surface area (Å²) in [5.41, 5.74) is 1.56. The zero-order valence-electron chi connectivity index (χ0n) is 10.6. The SMILES string of the molecule is O=Cc1ccc(N2CCCC[C@H]2COC(F)F)cc1. The zero-order valence-corrected chi connectivity index (χ0v) is 10.6. The summed E-state index contributed by atoms with van der Waals surface area (Å²) in [7, 11) is 0. The molecular weight excluding hydrogens is 252 g/mol. The topological polar surface area (TPSA) is 29.5 Å². The van der Waals surface area contributed by atoms with Crippen LogP contribution in [0.1, 0.15) is 29.6 Å². The number of halogens is 2. The van der Waals surface area contributed by atoms with E-state index in [1.807, 2.05) is 12.1 Å². The summed E-state index contributed by atoms with van der Waals surface area (Å²) in [4.78, 5) is 12.7. The Morgan fingerprint density at radius 1 is 1.32 bits per heavy atom. The first-order chi connectivity index (χ1) is 9.20. The zero-order chi connectivity index (χ0) is 13.7. The van der Waals surface area contributed by atoms with Crippen LogP contribution in [0, 0.1) is 0 Å². The van der Waals surface area contributed by atoms with E-state index in [9.17, 15) is 13.6 Å². The van der Waals surface area contributed by atoms with E-state index in [4.69, 9.17) is 0 Å². The summed E-state index contributed by atoms with van der Waals surface area (Å²) < 4.78 is 28.7. The molecule has 0 aliphatic carbocycles. The number of carbonyl (C=O) groups excluding carboxylic acids is 1. The molecular formula is C14H17F2NO2. The Bertz CT molecular complexity index is 408. The maximum absolute atomic E-state index is 12.1. The molecule has 2 rings (SSSR count). The van der Waals surface area contributed by atoms with Crippen LogP contribution in [0.4, 0.5) is 14.5 Å². The molecule has 1 aliphatic heterocycles. The molecule has 0 saturated carbocycles. The molecule has 0 spiro atoms. The molecule has 0 amide bonds. The van der Waals surface area contributed by atoms with Crippen LogP contribution in [-0.4, -0.2) is 32.1 Å². The third kappa shape index (κ3) is 3.73. The van der Waals surface area contributed by atoms with E-state index in [0.29, 0.717) is 5.56 Å². The van der Waals surface area contributed by atoms with Gasteiger partial charge in [0.1, 0.15) is 6.29 Å². The van der Waals surface area contributed by atoms with Crippen LogP contribution in [0.15, 0.2) is 24.3 Å². The molecule has 0 radical (unpaired) electrons. The van der Waals surface area contributed by atoms with Gasteiger partial charge >= 0.3 is 6.61 Å². The van der Waals surface area contributed by atoms with Crippen LogP contribution in [0.2, 0.25) is 0 Å². The average Bonchev–Trinajstić information content (AvgIpc) is 2.45. The highest BCUT2D eigenvalue weighted by Crippen LogP contribution is 2.25. The van der Waals surface area contributed by atoms with Crippen molar-refractivity contribution in [3.05, 3.63) is 29.8 Å². The number of rotatable bonds is 5. The predicted molar refractivity (Wildman–Crippen MR) is 68.8 cm³/mol. The fourth-order valence-corrected chi connectivity index (χ4v) is 2.44. The fourth-order valence-electron chi connectivity index (χ4n) is 2.44. The van der Waals surface area contributed by atoms with E-state index in [2.05, 4.69) is 9.64 Å². The molecule has 0 aromatic heterocycles. The lowest BCUT2D eigenvalue weighted by atomic mass is 10.0. The minimum atomic E-state index is -2.72. The summed E-state index contributed by atoms with van der Waals surface area (Å²) in [6, 6.07) is 7.16. The summed E-state index contributed by atoms with van der Waals surface area (Å²) in [5.74, 6) is 0. The number of hydrogen-bond donors (Lipinski definition) is 0. The van der Waals surface area contributed by atoms with E-state index >= 15 is 0 Å². The van der Waals surface area contributed by atoms with Crippen LogP contribution in [0.25, 0.3) is 0 Å². The van der Waals surface area contributed by atoms with Gasteiger partial charge in [0.2, 0.25) is 0 Å². The first kappa shape index (κ1) is 13.9. The van der Waals surface area contributed by atoms with Crippen LogP contribution in [0.5, 0.6) is 0 Å². The molecule has 19 heavy (non-hydrogen) atoms. The van der Waals surface area contributed by atoms with Gasteiger partial charge in [-0.1, -0.05) is 0 Å². The van der Waals surface area contributed by atoms with Crippen molar-refractivity contribution in [3.63, 3.8) is 0 Å². The Kier molecular flexibility index (Phi) is 4.85. The summed E-state index contributed by atoms with van der Waals surface area (Å²) >= 11 is 0. The van der Waals surface area contributed by atoms with Crippen molar-refractivity contribution >= 4 is 12.0 Å².